The minimum absolute atomic E-state index is 0.127. The van der Waals surface area contributed by atoms with Gasteiger partial charge in [-0.05, 0) is 42.4 Å². The molecule has 2 rings (SSSR count). The van der Waals surface area contributed by atoms with Gasteiger partial charge in [-0.2, -0.15) is 11.8 Å². The van der Waals surface area contributed by atoms with E-state index in [1.807, 2.05) is 37.4 Å². The number of nitrogens with two attached hydrogens (primary N) is 2. The molecule has 0 saturated carbocycles. The standard InChI is InChI=1S/C27H40N6O6S/c1-4-15(2)23(26(37)31-20(27(38)39)9-10-22(29)34)33-25(36)21(32-24(35)18(28)11-12-40-3)13-16-14-30-19-8-6-5-7-17(16)19/h5-8,14-15,18,20-21,23,30H,4,9-13,28H2,1-3H3,(H2,29,34)(H,31,37)(H,32,35)(H,33,36)(H,38,39). The molecule has 40 heavy (non-hydrogen) atoms. The number of carbonyl (C=O) groups excluding carboxylic acids is 4. The first-order valence-corrected chi connectivity index (χ1v) is 14.6. The number of hydrogen-bond donors (Lipinski definition) is 7. The van der Waals surface area contributed by atoms with E-state index in [4.69, 9.17) is 11.5 Å². The van der Waals surface area contributed by atoms with Gasteiger partial charge in [-0.3, -0.25) is 19.2 Å². The van der Waals surface area contributed by atoms with Crippen molar-refractivity contribution in [2.24, 2.45) is 17.4 Å². The number of primary amides is 1. The van der Waals surface area contributed by atoms with Gasteiger partial charge in [0.05, 0.1) is 6.04 Å². The Morgan fingerprint density at radius 3 is 2.30 bits per heavy atom. The fourth-order valence-corrected chi connectivity index (χ4v) is 4.64. The van der Waals surface area contributed by atoms with E-state index < -0.39 is 53.8 Å². The van der Waals surface area contributed by atoms with Gasteiger partial charge in [0.1, 0.15) is 18.1 Å². The first-order valence-electron chi connectivity index (χ1n) is 13.2. The van der Waals surface area contributed by atoms with E-state index in [2.05, 4.69) is 20.9 Å². The number of thioether (sulfide) groups is 1. The van der Waals surface area contributed by atoms with Crippen LogP contribution in [0.1, 0.15) is 45.1 Å². The van der Waals surface area contributed by atoms with Crippen molar-refractivity contribution >= 4 is 52.3 Å². The summed E-state index contributed by atoms with van der Waals surface area (Å²) in [7, 11) is 0. The number of benzene rings is 1. The van der Waals surface area contributed by atoms with Crippen LogP contribution in [-0.4, -0.2) is 75.9 Å². The van der Waals surface area contributed by atoms with Crippen molar-refractivity contribution in [2.45, 2.75) is 70.1 Å². The van der Waals surface area contributed by atoms with E-state index in [0.717, 1.165) is 16.5 Å². The Labute approximate surface area is 237 Å². The number of fused-ring (bicyclic) bond motifs is 1. The number of carboxylic acid groups (broad SMARTS) is 1. The van der Waals surface area contributed by atoms with Crippen LogP contribution in [0.4, 0.5) is 0 Å². The molecule has 13 heteroatoms. The minimum Gasteiger partial charge on any atom is -0.480 e. The van der Waals surface area contributed by atoms with Gasteiger partial charge in [0.15, 0.2) is 0 Å². The van der Waals surface area contributed by atoms with Crippen LogP contribution in [0.3, 0.4) is 0 Å². The third kappa shape index (κ3) is 9.56. The molecule has 0 spiro atoms. The van der Waals surface area contributed by atoms with E-state index in [0.29, 0.717) is 18.6 Å². The van der Waals surface area contributed by atoms with Crippen LogP contribution in [0.2, 0.25) is 0 Å². The Balaban J connectivity index is 2.29. The normalized spacial score (nSPS) is 14.9. The molecule has 0 bridgehead atoms. The van der Waals surface area contributed by atoms with Crippen LogP contribution < -0.4 is 27.4 Å². The second kappa shape index (κ2) is 15.9. The molecule has 1 aromatic carbocycles. The van der Waals surface area contributed by atoms with E-state index in [1.54, 1.807) is 24.9 Å². The third-order valence-corrected chi connectivity index (χ3v) is 7.43. The molecule has 1 aromatic heterocycles. The predicted molar refractivity (Wildman–Crippen MR) is 154 cm³/mol. The number of carbonyl (C=O) groups is 5. The number of hydrogen-bond acceptors (Lipinski definition) is 7. The summed E-state index contributed by atoms with van der Waals surface area (Å²) in [5.41, 5.74) is 12.8. The summed E-state index contributed by atoms with van der Waals surface area (Å²) in [4.78, 5) is 65.6. The molecule has 0 saturated heterocycles. The molecule has 9 N–H and O–H groups in total. The Hall–Kier alpha value is -3.58. The number of amides is 4. The van der Waals surface area contributed by atoms with Gasteiger partial charge >= 0.3 is 5.97 Å². The summed E-state index contributed by atoms with van der Waals surface area (Å²) in [6.07, 6.45) is 4.30. The highest BCUT2D eigenvalue weighted by Crippen LogP contribution is 2.20. The van der Waals surface area contributed by atoms with Crippen molar-refractivity contribution < 1.29 is 29.1 Å². The minimum atomic E-state index is -1.36. The second-order valence-corrected chi connectivity index (χ2v) is 10.8. The number of rotatable bonds is 17. The highest BCUT2D eigenvalue weighted by molar-refractivity contribution is 7.98. The Kier molecular flexibility index (Phi) is 12.9. The molecular weight excluding hydrogens is 536 g/mol. The van der Waals surface area contributed by atoms with Crippen LogP contribution in [0.5, 0.6) is 0 Å². The number of carboxylic acids is 1. The molecular formula is C27H40N6O6S. The smallest absolute Gasteiger partial charge is 0.326 e. The largest absolute Gasteiger partial charge is 0.480 e. The molecule has 5 atom stereocenters. The topological polar surface area (TPSA) is 210 Å². The van der Waals surface area contributed by atoms with Gasteiger partial charge in [-0.25, -0.2) is 4.79 Å². The highest BCUT2D eigenvalue weighted by Gasteiger charge is 2.33. The number of nitrogens with one attached hydrogen (secondary N) is 4. The zero-order valence-corrected chi connectivity index (χ0v) is 23.9. The van der Waals surface area contributed by atoms with Gasteiger partial charge in [-0.1, -0.05) is 38.5 Å². The highest BCUT2D eigenvalue weighted by atomic mass is 32.2. The molecule has 0 aliphatic carbocycles. The monoisotopic (exact) mass is 576 g/mol. The molecule has 2 aromatic rings. The molecule has 0 aliphatic rings. The number of H-pyrrole nitrogens is 1. The van der Waals surface area contributed by atoms with Crippen molar-refractivity contribution in [1.82, 2.24) is 20.9 Å². The maximum atomic E-state index is 13.6. The lowest BCUT2D eigenvalue weighted by Crippen LogP contribution is -2.59. The average molecular weight is 577 g/mol. The lowest BCUT2D eigenvalue weighted by atomic mass is 9.96. The SMILES string of the molecule is CCC(C)C(NC(=O)C(Cc1c[nH]c2ccccc12)NC(=O)C(N)CCSC)C(=O)NC(CCC(N)=O)C(=O)O. The lowest BCUT2D eigenvalue weighted by molar-refractivity contribution is -0.143. The summed E-state index contributed by atoms with van der Waals surface area (Å²) in [6, 6.07) is 3.20. The van der Waals surface area contributed by atoms with Gasteiger partial charge in [-0.15, -0.1) is 0 Å². The molecule has 220 valence electrons. The maximum absolute atomic E-state index is 13.6. The molecule has 1 heterocycles. The molecule has 12 nitrogen and oxygen atoms in total. The fraction of sp³-hybridized carbons (Fsp3) is 0.519. The number of aromatic nitrogens is 1. The van der Waals surface area contributed by atoms with Gasteiger partial charge < -0.3 is 37.5 Å². The van der Waals surface area contributed by atoms with E-state index in [-0.39, 0.29) is 25.2 Å². The zero-order valence-electron chi connectivity index (χ0n) is 23.1. The zero-order chi connectivity index (χ0) is 29.8. The van der Waals surface area contributed by atoms with Crippen molar-refractivity contribution in [1.29, 1.82) is 0 Å². The van der Waals surface area contributed by atoms with Crippen LogP contribution in [0.15, 0.2) is 30.5 Å². The Bertz CT molecular complexity index is 1190. The molecule has 0 radical (unpaired) electrons. The van der Waals surface area contributed by atoms with E-state index >= 15 is 0 Å². The van der Waals surface area contributed by atoms with Crippen LogP contribution in [-0.2, 0) is 30.4 Å². The number of para-hydroxylation sites is 1. The summed E-state index contributed by atoms with van der Waals surface area (Å²) in [5.74, 6) is -3.54. The van der Waals surface area contributed by atoms with E-state index in [1.165, 1.54) is 0 Å². The average Bonchev–Trinajstić information content (AvgIpc) is 3.33. The summed E-state index contributed by atoms with van der Waals surface area (Å²) < 4.78 is 0. The molecule has 5 unspecified atom stereocenters. The van der Waals surface area contributed by atoms with Crippen molar-refractivity contribution in [3.05, 3.63) is 36.0 Å². The summed E-state index contributed by atoms with van der Waals surface area (Å²) >= 11 is 1.55. The first kappa shape index (κ1) is 32.6. The third-order valence-electron chi connectivity index (χ3n) is 6.79. The van der Waals surface area contributed by atoms with Crippen molar-refractivity contribution in [2.75, 3.05) is 12.0 Å². The number of aliphatic carboxylic acids is 1. The Morgan fingerprint density at radius 1 is 1.00 bits per heavy atom. The summed E-state index contributed by atoms with van der Waals surface area (Å²) in [6.45, 7) is 3.57. The van der Waals surface area contributed by atoms with Crippen molar-refractivity contribution in [3.8, 4) is 0 Å². The van der Waals surface area contributed by atoms with Gasteiger partial charge in [0, 0.05) is 29.9 Å². The second-order valence-electron chi connectivity index (χ2n) is 9.79. The molecule has 0 fully saturated rings. The fourth-order valence-electron chi connectivity index (χ4n) is 4.15. The quantitative estimate of drug-likeness (QED) is 0.142. The Morgan fingerprint density at radius 2 is 1.68 bits per heavy atom. The van der Waals surface area contributed by atoms with Gasteiger partial charge in [0.2, 0.25) is 23.6 Å². The first-order chi connectivity index (χ1) is 19.0. The summed E-state index contributed by atoms with van der Waals surface area (Å²) in [5, 5.41) is 18.3. The van der Waals surface area contributed by atoms with E-state index in [9.17, 15) is 29.1 Å². The van der Waals surface area contributed by atoms with Crippen LogP contribution >= 0.6 is 11.8 Å². The number of aromatic amines is 1. The molecule has 0 aliphatic heterocycles. The van der Waals surface area contributed by atoms with Crippen LogP contribution in [0.25, 0.3) is 10.9 Å². The van der Waals surface area contributed by atoms with Crippen LogP contribution in [0, 0.1) is 5.92 Å². The maximum Gasteiger partial charge on any atom is 0.326 e. The molecule has 4 amide bonds. The van der Waals surface area contributed by atoms with Crippen molar-refractivity contribution in [3.63, 3.8) is 0 Å². The predicted octanol–water partition coefficient (Wildman–Crippen LogP) is 0.641. The van der Waals surface area contributed by atoms with Gasteiger partial charge in [0.25, 0.3) is 0 Å². The lowest BCUT2D eigenvalue weighted by Gasteiger charge is -2.28.